The van der Waals surface area contributed by atoms with Crippen LogP contribution >= 0.6 is 15.9 Å². The van der Waals surface area contributed by atoms with Crippen LogP contribution in [-0.4, -0.2) is 28.5 Å². The molecule has 1 fully saturated rings. The molecule has 0 atom stereocenters. The lowest BCUT2D eigenvalue weighted by Gasteiger charge is -2.36. The zero-order valence-corrected chi connectivity index (χ0v) is 11.5. The number of nitrogens with zero attached hydrogens (tertiary/aromatic N) is 2. The van der Waals surface area contributed by atoms with Crippen LogP contribution in [0.2, 0.25) is 0 Å². The lowest BCUT2D eigenvalue weighted by atomic mass is 9.89. The van der Waals surface area contributed by atoms with Gasteiger partial charge in [0.1, 0.15) is 4.47 Å². The zero-order valence-electron chi connectivity index (χ0n) is 9.94. The molecule has 5 nitrogen and oxygen atoms in total. The number of ether oxygens (including phenoxy) is 1. The summed E-state index contributed by atoms with van der Waals surface area (Å²) in [5.74, 6) is 0. The maximum absolute atomic E-state index is 11.6. The molecule has 0 aliphatic heterocycles. The van der Waals surface area contributed by atoms with Crippen molar-refractivity contribution in [3.63, 3.8) is 0 Å². The SMILES string of the molecule is CCOC1CC(Nc2cnn(C)c(=O)c2Br)C1. The number of halogens is 1. The van der Waals surface area contributed by atoms with Gasteiger partial charge in [-0.05, 0) is 35.7 Å². The van der Waals surface area contributed by atoms with Crippen molar-refractivity contribution in [1.29, 1.82) is 0 Å². The van der Waals surface area contributed by atoms with Gasteiger partial charge in [-0.2, -0.15) is 5.10 Å². The van der Waals surface area contributed by atoms with Gasteiger partial charge in [-0.1, -0.05) is 0 Å². The third kappa shape index (κ3) is 2.69. The number of hydrogen-bond acceptors (Lipinski definition) is 4. The lowest BCUT2D eigenvalue weighted by molar-refractivity contribution is 0.00297. The van der Waals surface area contributed by atoms with Crippen LogP contribution in [0.1, 0.15) is 19.8 Å². The predicted octanol–water partition coefficient (Wildman–Crippen LogP) is 1.52. The van der Waals surface area contributed by atoms with E-state index in [1.807, 2.05) is 6.92 Å². The second-order valence-electron chi connectivity index (χ2n) is 4.19. The van der Waals surface area contributed by atoms with Gasteiger partial charge in [0.05, 0.1) is 18.0 Å². The quantitative estimate of drug-likeness (QED) is 0.916. The first-order valence-corrected chi connectivity index (χ1v) is 6.51. The molecule has 1 saturated carbocycles. The summed E-state index contributed by atoms with van der Waals surface area (Å²) in [7, 11) is 1.63. The van der Waals surface area contributed by atoms with Crippen LogP contribution in [0, 0.1) is 0 Å². The molecule has 1 heterocycles. The molecule has 0 spiro atoms. The Hall–Kier alpha value is -0.880. The van der Waals surface area contributed by atoms with Crippen molar-refractivity contribution >= 4 is 21.6 Å². The summed E-state index contributed by atoms with van der Waals surface area (Å²) in [6, 6.07) is 0.372. The van der Waals surface area contributed by atoms with E-state index in [1.165, 1.54) is 4.68 Å². The highest BCUT2D eigenvalue weighted by atomic mass is 79.9. The van der Waals surface area contributed by atoms with Gasteiger partial charge in [0.2, 0.25) is 0 Å². The molecule has 94 valence electrons. The van der Waals surface area contributed by atoms with E-state index in [2.05, 4.69) is 26.3 Å². The van der Waals surface area contributed by atoms with Crippen molar-refractivity contribution in [2.45, 2.75) is 31.9 Å². The molecule has 0 unspecified atom stereocenters. The van der Waals surface area contributed by atoms with Gasteiger partial charge in [0.15, 0.2) is 0 Å². The molecule has 2 rings (SSSR count). The van der Waals surface area contributed by atoms with Crippen molar-refractivity contribution in [2.75, 3.05) is 11.9 Å². The van der Waals surface area contributed by atoms with E-state index >= 15 is 0 Å². The van der Waals surface area contributed by atoms with E-state index in [0.29, 0.717) is 16.6 Å². The number of hydrogen-bond donors (Lipinski definition) is 1. The minimum atomic E-state index is -0.129. The summed E-state index contributed by atoms with van der Waals surface area (Å²) >= 11 is 3.29. The van der Waals surface area contributed by atoms with Crippen molar-refractivity contribution in [1.82, 2.24) is 9.78 Å². The van der Waals surface area contributed by atoms with Crippen LogP contribution in [0.5, 0.6) is 0 Å². The van der Waals surface area contributed by atoms with Gasteiger partial charge in [0, 0.05) is 19.7 Å². The van der Waals surface area contributed by atoms with Crippen LogP contribution in [0.3, 0.4) is 0 Å². The van der Waals surface area contributed by atoms with E-state index in [0.717, 1.165) is 25.1 Å². The van der Waals surface area contributed by atoms with E-state index in [-0.39, 0.29) is 5.56 Å². The number of aromatic nitrogens is 2. The molecule has 17 heavy (non-hydrogen) atoms. The summed E-state index contributed by atoms with van der Waals surface area (Å²) < 4.78 is 7.33. The van der Waals surface area contributed by atoms with Crippen molar-refractivity contribution in [2.24, 2.45) is 7.05 Å². The molecule has 0 amide bonds. The van der Waals surface area contributed by atoms with Gasteiger partial charge in [0.25, 0.3) is 5.56 Å². The van der Waals surface area contributed by atoms with Crippen LogP contribution in [0.25, 0.3) is 0 Å². The Balaban J connectivity index is 1.97. The van der Waals surface area contributed by atoms with E-state index < -0.39 is 0 Å². The number of rotatable bonds is 4. The first kappa shape index (κ1) is 12.6. The fraction of sp³-hybridized carbons (Fsp3) is 0.636. The molecule has 6 heteroatoms. The molecule has 1 N–H and O–H groups in total. The Morgan fingerprint density at radius 2 is 2.35 bits per heavy atom. The molecule has 0 saturated heterocycles. The summed E-state index contributed by atoms with van der Waals surface area (Å²) in [6.07, 6.45) is 3.99. The molecule has 0 radical (unpaired) electrons. The predicted molar refractivity (Wildman–Crippen MR) is 69.2 cm³/mol. The van der Waals surface area contributed by atoms with E-state index in [4.69, 9.17) is 4.74 Å². The van der Waals surface area contributed by atoms with Gasteiger partial charge in [-0.25, -0.2) is 4.68 Å². The fourth-order valence-corrected chi connectivity index (χ4v) is 2.36. The third-order valence-corrected chi connectivity index (χ3v) is 3.70. The maximum atomic E-state index is 11.6. The molecule has 1 aliphatic carbocycles. The second kappa shape index (κ2) is 5.18. The lowest BCUT2D eigenvalue weighted by Crippen LogP contribution is -2.41. The van der Waals surface area contributed by atoms with Crippen molar-refractivity contribution in [3.8, 4) is 0 Å². The van der Waals surface area contributed by atoms with Crippen LogP contribution in [-0.2, 0) is 11.8 Å². The molecule has 0 bridgehead atoms. The van der Waals surface area contributed by atoms with Gasteiger partial charge < -0.3 is 10.1 Å². The van der Waals surface area contributed by atoms with Crippen molar-refractivity contribution in [3.05, 3.63) is 21.0 Å². The minimum Gasteiger partial charge on any atom is -0.380 e. The highest BCUT2D eigenvalue weighted by molar-refractivity contribution is 9.10. The van der Waals surface area contributed by atoms with Gasteiger partial charge in [-0.15, -0.1) is 0 Å². The second-order valence-corrected chi connectivity index (χ2v) is 4.98. The van der Waals surface area contributed by atoms with Crippen LogP contribution < -0.4 is 10.9 Å². The minimum absolute atomic E-state index is 0.129. The van der Waals surface area contributed by atoms with E-state index in [1.54, 1.807) is 13.2 Å². The third-order valence-electron chi connectivity index (χ3n) is 2.94. The molecule has 0 aromatic carbocycles. The average Bonchev–Trinajstić information content (AvgIpc) is 2.26. The fourth-order valence-electron chi connectivity index (χ4n) is 1.89. The largest absolute Gasteiger partial charge is 0.380 e. The topological polar surface area (TPSA) is 56.1 Å². The normalized spacial score (nSPS) is 23.2. The molecular formula is C11H16BrN3O2. The van der Waals surface area contributed by atoms with Crippen LogP contribution in [0.4, 0.5) is 5.69 Å². The highest BCUT2D eigenvalue weighted by Gasteiger charge is 2.30. The number of aryl methyl sites for hydroxylation is 1. The zero-order chi connectivity index (χ0) is 12.4. The average molecular weight is 302 g/mol. The van der Waals surface area contributed by atoms with Crippen molar-refractivity contribution < 1.29 is 4.74 Å². The molecular weight excluding hydrogens is 286 g/mol. The Kier molecular flexibility index (Phi) is 3.83. The first-order valence-electron chi connectivity index (χ1n) is 5.71. The molecule has 1 aliphatic rings. The Labute approximate surface area is 108 Å². The number of nitrogens with one attached hydrogen (secondary N) is 1. The number of anilines is 1. The smallest absolute Gasteiger partial charge is 0.282 e. The summed E-state index contributed by atoms with van der Waals surface area (Å²) in [6.45, 7) is 2.76. The maximum Gasteiger partial charge on any atom is 0.282 e. The Bertz CT molecular complexity index is 455. The summed E-state index contributed by atoms with van der Waals surface area (Å²) in [5, 5.41) is 7.29. The summed E-state index contributed by atoms with van der Waals surface area (Å²) in [5.41, 5.74) is 0.628. The van der Waals surface area contributed by atoms with Crippen LogP contribution in [0.15, 0.2) is 15.5 Å². The first-order chi connectivity index (χ1) is 8.11. The molecule has 1 aromatic rings. The monoisotopic (exact) mass is 301 g/mol. The summed E-state index contributed by atoms with van der Waals surface area (Å²) in [4.78, 5) is 11.6. The van der Waals surface area contributed by atoms with Gasteiger partial charge in [-0.3, -0.25) is 4.79 Å². The highest BCUT2D eigenvalue weighted by Crippen LogP contribution is 2.28. The Morgan fingerprint density at radius 1 is 1.65 bits per heavy atom. The molecule has 1 aromatic heterocycles. The Morgan fingerprint density at radius 3 is 3.00 bits per heavy atom. The van der Waals surface area contributed by atoms with Gasteiger partial charge >= 0.3 is 0 Å². The van der Waals surface area contributed by atoms with E-state index in [9.17, 15) is 4.79 Å². The standard InChI is InChI=1S/C11H16BrN3O2/c1-3-17-8-4-7(5-8)14-9-6-13-15(2)11(16)10(9)12/h6-8,14H,3-5H2,1-2H3.